The minimum absolute atomic E-state index is 0.469. The van der Waals surface area contributed by atoms with Crippen molar-refractivity contribution < 1.29 is 0 Å². The van der Waals surface area contributed by atoms with Crippen LogP contribution in [0.15, 0.2) is 41.4 Å². The van der Waals surface area contributed by atoms with Crippen LogP contribution < -0.4 is 5.73 Å². The summed E-state index contributed by atoms with van der Waals surface area (Å²) < 4.78 is 2.04. The molecular formula is C14H19N3S. The van der Waals surface area contributed by atoms with E-state index in [0.29, 0.717) is 6.04 Å². The minimum atomic E-state index is 0.469. The van der Waals surface area contributed by atoms with E-state index in [0.717, 1.165) is 23.6 Å². The summed E-state index contributed by atoms with van der Waals surface area (Å²) in [4.78, 5) is 1.19. The van der Waals surface area contributed by atoms with Gasteiger partial charge in [0.2, 0.25) is 0 Å². The van der Waals surface area contributed by atoms with E-state index in [1.165, 1.54) is 4.90 Å². The number of nitrogens with two attached hydrogens (primary N) is 1. The monoisotopic (exact) mass is 261 g/mol. The second-order valence-electron chi connectivity index (χ2n) is 4.41. The molecule has 0 amide bonds. The first-order valence-electron chi connectivity index (χ1n) is 6.21. The first-order valence-corrected chi connectivity index (χ1v) is 7.20. The van der Waals surface area contributed by atoms with Gasteiger partial charge in [-0.15, -0.1) is 11.8 Å². The molecule has 0 saturated heterocycles. The van der Waals surface area contributed by atoms with Gasteiger partial charge in [0.25, 0.3) is 0 Å². The molecule has 1 heterocycles. The van der Waals surface area contributed by atoms with Crippen LogP contribution in [-0.2, 0) is 5.75 Å². The maximum Gasteiger partial charge on any atom is 0.0727 e. The number of nitrogen functional groups attached to an aromatic ring is 1. The average Bonchev–Trinajstić information content (AvgIpc) is 2.84. The number of thioether (sulfide) groups is 1. The Morgan fingerprint density at radius 1 is 1.39 bits per heavy atom. The number of nitrogens with zero attached hydrogens (tertiary/aromatic N) is 2. The highest BCUT2D eigenvalue weighted by Gasteiger charge is 2.05. The van der Waals surface area contributed by atoms with Gasteiger partial charge in [-0.25, -0.2) is 0 Å². The molecule has 2 N–H and O–H groups in total. The van der Waals surface area contributed by atoms with Crippen LogP contribution in [0, 0.1) is 0 Å². The smallest absolute Gasteiger partial charge is 0.0727 e. The molecular weight excluding hydrogens is 242 g/mol. The molecule has 2 rings (SSSR count). The molecule has 0 aliphatic rings. The van der Waals surface area contributed by atoms with Crippen molar-refractivity contribution >= 4 is 17.4 Å². The second-order valence-corrected chi connectivity index (χ2v) is 5.45. The minimum Gasteiger partial charge on any atom is -0.399 e. The molecule has 0 fully saturated rings. The van der Waals surface area contributed by atoms with Gasteiger partial charge in [0.05, 0.1) is 5.69 Å². The first kappa shape index (κ1) is 13.0. The Balaban J connectivity index is 1.96. The zero-order valence-electron chi connectivity index (χ0n) is 10.8. The number of benzene rings is 1. The summed E-state index contributed by atoms with van der Waals surface area (Å²) in [5.74, 6) is 0.882. The highest BCUT2D eigenvalue weighted by molar-refractivity contribution is 7.98. The fourth-order valence-electron chi connectivity index (χ4n) is 1.65. The van der Waals surface area contributed by atoms with Crippen molar-refractivity contribution in [2.24, 2.45) is 0 Å². The van der Waals surface area contributed by atoms with Gasteiger partial charge in [0.15, 0.2) is 0 Å². The number of anilines is 1. The summed E-state index contributed by atoms with van der Waals surface area (Å²) in [6.07, 6.45) is 3.16. The number of hydrogen-bond acceptors (Lipinski definition) is 3. The quantitative estimate of drug-likeness (QED) is 0.659. The van der Waals surface area contributed by atoms with Gasteiger partial charge in [-0.05, 0) is 37.6 Å². The maximum atomic E-state index is 5.76. The van der Waals surface area contributed by atoms with Crippen molar-refractivity contribution in [2.45, 2.75) is 37.0 Å². The molecule has 0 spiro atoms. The first-order chi connectivity index (χ1) is 8.69. The van der Waals surface area contributed by atoms with Crippen LogP contribution in [0.2, 0.25) is 0 Å². The lowest BCUT2D eigenvalue weighted by Gasteiger charge is -2.08. The Hall–Kier alpha value is -1.42. The van der Waals surface area contributed by atoms with Gasteiger partial charge < -0.3 is 5.73 Å². The molecule has 1 aromatic heterocycles. The van der Waals surface area contributed by atoms with Crippen molar-refractivity contribution in [2.75, 3.05) is 5.73 Å². The summed E-state index contributed by atoms with van der Waals surface area (Å²) in [7, 11) is 0. The second kappa shape index (κ2) is 5.96. The predicted molar refractivity (Wildman–Crippen MR) is 77.6 cm³/mol. The van der Waals surface area contributed by atoms with Gasteiger partial charge in [0, 0.05) is 28.6 Å². The Labute approximate surface area is 112 Å². The summed E-state index contributed by atoms with van der Waals surface area (Å²) in [6, 6.07) is 10.5. The van der Waals surface area contributed by atoms with Gasteiger partial charge in [0.1, 0.15) is 0 Å². The third-order valence-corrected chi connectivity index (χ3v) is 3.98. The van der Waals surface area contributed by atoms with Crippen molar-refractivity contribution in [1.29, 1.82) is 0 Å². The Bertz CT molecular complexity index is 507. The molecule has 0 saturated carbocycles. The molecule has 96 valence electrons. The summed E-state index contributed by atoms with van der Waals surface area (Å²) >= 11 is 1.76. The molecule has 0 aliphatic carbocycles. The van der Waals surface area contributed by atoms with E-state index in [9.17, 15) is 0 Å². The molecule has 0 radical (unpaired) electrons. The Morgan fingerprint density at radius 3 is 2.94 bits per heavy atom. The van der Waals surface area contributed by atoms with Gasteiger partial charge in [-0.3, -0.25) is 4.68 Å². The highest BCUT2D eigenvalue weighted by atomic mass is 32.2. The fourth-order valence-corrected chi connectivity index (χ4v) is 2.51. The summed E-state index contributed by atoms with van der Waals surface area (Å²) in [6.45, 7) is 4.36. The molecule has 1 unspecified atom stereocenters. The Morgan fingerprint density at radius 2 is 2.22 bits per heavy atom. The lowest BCUT2D eigenvalue weighted by Crippen LogP contribution is -2.04. The standard InChI is InChI=1S/C14H19N3S/c1-3-11(2)17-8-7-13(16-17)10-18-14-6-4-5-12(15)9-14/h4-9,11H,3,10,15H2,1-2H3. The molecule has 0 aliphatic heterocycles. The zero-order chi connectivity index (χ0) is 13.0. The topological polar surface area (TPSA) is 43.8 Å². The van der Waals surface area contributed by atoms with E-state index in [4.69, 9.17) is 5.73 Å². The predicted octanol–water partition coefficient (Wildman–Crippen LogP) is 3.73. The van der Waals surface area contributed by atoms with Crippen LogP contribution in [0.3, 0.4) is 0 Å². The summed E-state index contributed by atoms with van der Waals surface area (Å²) in [5.41, 5.74) is 7.68. The average molecular weight is 261 g/mol. The normalized spacial score (nSPS) is 12.6. The third kappa shape index (κ3) is 3.29. The van der Waals surface area contributed by atoms with Crippen LogP contribution >= 0.6 is 11.8 Å². The van der Waals surface area contributed by atoms with Gasteiger partial charge >= 0.3 is 0 Å². The fraction of sp³-hybridized carbons (Fsp3) is 0.357. The molecule has 3 nitrogen and oxygen atoms in total. The number of rotatable bonds is 5. The van der Waals surface area contributed by atoms with E-state index in [1.807, 2.05) is 22.9 Å². The molecule has 18 heavy (non-hydrogen) atoms. The van der Waals surface area contributed by atoms with E-state index in [2.05, 4.69) is 37.3 Å². The lowest BCUT2D eigenvalue weighted by molar-refractivity contribution is 0.475. The number of aromatic nitrogens is 2. The largest absolute Gasteiger partial charge is 0.399 e. The molecule has 4 heteroatoms. The van der Waals surface area contributed by atoms with E-state index in [1.54, 1.807) is 11.8 Å². The lowest BCUT2D eigenvalue weighted by atomic mass is 10.3. The van der Waals surface area contributed by atoms with Crippen molar-refractivity contribution in [3.8, 4) is 0 Å². The maximum absolute atomic E-state index is 5.76. The van der Waals surface area contributed by atoms with Crippen molar-refractivity contribution in [1.82, 2.24) is 9.78 Å². The molecule has 2 aromatic rings. The van der Waals surface area contributed by atoms with Crippen LogP contribution in [0.1, 0.15) is 32.0 Å². The highest BCUT2D eigenvalue weighted by Crippen LogP contribution is 2.24. The molecule has 1 aromatic carbocycles. The molecule has 1 atom stereocenters. The van der Waals surface area contributed by atoms with Crippen molar-refractivity contribution in [3.05, 3.63) is 42.2 Å². The van der Waals surface area contributed by atoms with Crippen LogP contribution in [-0.4, -0.2) is 9.78 Å². The van der Waals surface area contributed by atoms with Crippen LogP contribution in [0.25, 0.3) is 0 Å². The van der Waals surface area contributed by atoms with Crippen LogP contribution in [0.4, 0.5) is 5.69 Å². The van der Waals surface area contributed by atoms with Crippen molar-refractivity contribution in [3.63, 3.8) is 0 Å². The zero-order valence-corrected chi connectivity index (χ0v) is 11.7. The van der Waals surface area contributed by atoms with Gasteiger partial charge in [-0.2, -0.15) is 5.10 Å². The third-order valence-electron chi connectivity index (χ3n) is 2.95. The van der Waals surface area contributed by atoms with Gasteiger partial charge in [-0.1, -0.05) is 13.0 Å². The molecule has 0 bridgehead atoms. The van der Waals surface area contributed by atoms with E-state index >= 15 is 0 Å². The van der Waals surface area contributed by atoms with Crippen LogP contribution in [0.5, 0.6) is 0 Å². The Kier molecular flexibility index (Phi) is 4.31. The van der Waals surface area contributed by atoms with E-state index < -0.39 is 0 Å². The summed E-state index contributed by atoms with van der Waals surface area (Å²) in [5, 5.41) is 4.58. The SMILES string of the molecule is CCC(C)n1ccc(CSc2cccc(N)c2)n1. The number of hydrogen-bond donors (Lipinski definition) is 1. The van der Waals surface area contributed by atoms with E-state index in [-0.39, 0.29) is 0 Å².